The van der Waals surface area contributed by atoms with E-state index in [4.69, 9.17) is 4.74 Å². The molecule has 0 radical (unpaired) electrons. The van der Waals surface area contributed by atoms with Gasteiger partial charge in [-0.2, -0.15) is 0 Å². The molecule has 0 saturated carbocycles. The van der Waals surface area contributed by atoms with Gasteiger partial charge in [-0.25, -0.2) is 0 Å². The number of rotatable bonds is 1. The average Bonchev–Trinajstić information content (AvgIpc) is 1.98. The van der Waals surface area contributed by atoms with Gasteiger partial charge in [0.25, 0.3) is 0 Å². The van der Waals surface area contributed by atoms with Crippen LogP contribution in [0, 0.1) is 0 Å². The Balaban J connectivity index is 2.58. The standard InChI is InChI=1S/C9H12O2/c1-8-4-2-3-5-9(6-10)7-11-8/h2,4,6-8H,3,5H2,1H3/b4-2-,9-7+/t8-/m1/s1. The Kier molecular flexibility index (Phi) is 2.90. The Morgan fingerprint density at radius 2 is 2.55 bits per heavy atom. The van der Waals surface area contributed by atoms with Crippen molar-refractivity contribution in [1.29, 1.82) is 0 Å². The van der Waals surface area contributed by atoms with Crippen LogP contribution in [0.25, 0.3) is 0 Å². The lowest BCUT2D eigenvalue weighted by molar-refractivity contribution is -0.105. The molecule has 1 atom stereocenters. The number of hydrogen-bond acceptors (Lipinski definition) is 2. The minimum absolute atomic E-state index is 0.0882. The predicted molar refractivity (Wildman–Crippen MR) is 43.1 cm³/mol. The van der Waals surface area contributed by atoms with Gasteiger partial charge in [-0.3, -0.25) is 4.79 Å². The first-order valence-electron chi connectivity index (χ1n) is 3.79. The van der Waals surface area contributed by atoms with E-state index in [-0.39, 0.29) is 6.10 Å². The predicted octanol–water partition coefficient (Wildman–Crippen LogP) is 1.82. The molecule has 0 unspecified atom stereocenters. The minimum atomic E-state index is 0.0882. The minimum Gasteiger partial charge on any atom is -0.494 e. The van der Waals surface area contributed by atoms with Crippen LogP contribution in [0.5, 0.6) is 0 Å². The van der Waals surface area contributed by atoms with E-state index in [1.165, 1.54) is 0 Å². The summed E-state index contributed by atoms with van der Waals surface area (Å²) in [5.74, 6) is 0. The third kappa shape index (κ3) is 2.58. The van der Waals surface area contributed by atoms with Crippen molar-refractivity contribution in [2.24, 2.45) is 0 Å². The fourth-order valence-corrected chi connectivity index (χ4v) is 0.924. The number of carbonyl (C=O) groups excluding carboxylic acids is 1. The van der Waals surface area contributed by atoms with Gasteiger partial charge in [0.2, 0.25) is 0 Å². The summed E-state index contributed by atoms with van der Waals surface area (Å²) < 4.78 is 5.21. The second-order valence-corrected chi connectivity index (χ2v) is 2.62. The van der Waals surface area contributed by atoms with Crippen molar-refractivity contribution in [3.05, 3.63) is 24.0 Å². The van der Waals surface area contributed by atoms with E-state index in [2.05, 4.69) is 0 Å². The highest BCUT2D eigenvalue weighted by Crippen LogP contribution is 2.09. The van der Waals surface area contributed by atoms with E-state index in [9.17, 15) is 4.79 Å². The van der Waals surface area contributed by atoms with Crippen LogP contribution in [0.2, 0.25) is 0 Å². The van der Waals surface area contributed by atoms with Crippen molar-refractivity contribution >= 4 is 6.29 Å². The Morgan fingerprint density at radius 3 is 3.27 bits per heavy atom. The van der Waals surface area contributed by atoms with Gasteiger partial charge >= 0.3 is 0 Å². The quantitative estimate of drug-likeness (QED) is 0.423. The van der Waals surface area contributed by atoms with Crippen molar-refractivity contribution in [3.63, 3.8) is 0 Å². The highest BCUT2D eigenvalue weighted by Gasteiger charge is 2.00. The smallest absolute Gasteiger partial charge is 0.149 e. The normalized spacial score (nSPS) is 32.1. The van der Waals surface area contributed by atoms with E-state index in [0.717, 1.165) is 24.7 Å². The molecule has 0 N–H and O–H groups in total. The van der Waals surface area contributed by atoms with Gasteiger partial charge < -0.3 is 4.74 Å². The second-order valence-electron chi connectivity index (χ2n) is 2.62. The molecular formula is C9H12O2. The van der Waals surface area contributed by atoms with Crippen LogP contribution in [0.3, 0.4) is 0 Å². The van der Waals surface area contributed by atoms with Gasteiger partial charge in [0.1, 0.15) is 12.4 Å². The molecular weight excluding hydrogens is 140 g/mol. The van der Waals surface area contributed by atoms with Crippen LogP contribution < -0.4 is 0 Å². The molecule has 0 amide bonds. The summed E-state index contributed by atoms with van der Waals surface area (Å²) in [6.45, 7) is 1.95. The molecule has 0 spiro atoms. The zero-order valence-corrected chi connectivity index (χ0v) is 6.62. The maximum atomic E-state index is 10.4. The van der Waals surface area contributed by atoms with E-state index in [0.29, 0.717) is 0 Å². The van der Waals surface area contributed by atoms with Crippen molar-refractivity contribution < 1.29 is 9.53 Å². The molecule has 60 valence electrons. The topological polar surface area (TPSA) is 26.3 Å². The molecule has 2 nitrogen and oxygen atoms in total. The summed E-state index contributed by atoms with van der Waals surface area (Å²) in [7, 11) is 0. The summed E-state index contributed by atoms with van der Waals surface area (Å²) in [6, 6.07) is 0. The molecule has 0 fully saturated rings. The summed E-state index contributed by atoms with van der Waals surface area (Å²) in [4.78, 5) is 10.4. The Labute approximate surface area is 66.5 Å². The first-order chi connectivity index (χ1) is 5.33. The van der Waals surface area contributed by atoms with E-state index in [1.807, 2.05) is 19.1 Å². The first kappa shape index (κ1) is 8.05. The summed E-state index contributed by atoms with van der Waals surface area (Å²) in [5.41, 5.74) is 0.737. The first-order valence-corrected chi connectivity index (χ1v) is 3.79. The van der Waals surface area contributed by atoms with E-state index in [1.54, 1.807) is 6.26 Å². The van der Waals surface area contributed by atoms with E-state index >= 15 is 0 Å². The zero-order chi connectivity index (χ0) is 8.10. The van der Waals surface area contributed by atoms with Gasteiger partial charge in [-0.15, -0.1) is 0 Å². The lowest BCUT2D eigenvalue weighted by Crippen LogP contribution is -2.02. The van der Waals surface area contributed by atoms with Crippen LogP contribution in [0.15, 0.2) is 24.0 Å². The van der Waals surface area contributed by atoms with Crippen molar-refractivity contribution in [2.45, 2.75) is 25.9 Å². The molecule has 0 aromatic rings. The molecule has 11 heavy (non-hydrogen) atoms. The number of aldehydes is 1. The molecule has 0 bridgehead atoms. The average molecular weight is 152 g/mol. The number of carbonyl (C=O) groups is 1. The zero-order valence-electron chi connectivity index (χ0n) is 6.62. The fraction of sp³-hybridized carbons (Fsp3) is 0.444. The molecule has 0 aromatic heterocycles. The van der Waals surface area contributed by atoms with Crippen LogP contribution in [-0.4, -0.2) is 12.4 Å². The highest BCUT2D eigenvalue weighted by molar-refractivity contribution is 5.72. The molecule has 1 heterocycles. The molecule has 2 heteroatoms. The maximum absolute atomic E-state index is 10.4. The highest BCUT2D eigenvalue weighted by atomic mass is 16.5. The van der Waals surface area contributed by atoms with Crippen LogP contribution in [-0.2, 0) is 9.53 Å². The van der Waals surface area contributed by atoms with Gasteiger partial charge in [0.15, 0.2) is 0 Å². The largest absolute Gasteiger partial charge is 0.494 e. The summed E-state index contributed by atoms with van der Waals surface area (Å²) in [6.07, 6.45) is 8.25. The number of ether oxygens (including phenoxy) is 1. The third-order valence-corrected chi connectivity index (χ3v) is 1.59. The maximum Gasteiger partial charge on any atom is 0.149 e. The lowest BCUT2D eigenvalue weighted by Gasteiger charge is -2.09. The molecule has 1 rings (SSSR count). The van der Waals surface area contributed by atoms with Crippen molar-refractivity contribution in [3.8, 4) is 0 Å². The number of allylic oxidation sites excluding steroid dienone is 2. The van der Waals surface area contributed by atoms with Gasteiger partial charge in [-0.1, -0.05) is 6.08 Å². The van der Waals surface area contributed by atoms with Gasteiger partial charge in [0, 0.05) is 5.57 Å². The SMILES string of the molecule is C[C@@H]1/C=C\CC/C(C=O)=C\O1. The summed E-state index contributed by atoms with van der Waals surface area (Å²) >= 11 is 0. The van der Waals surface area contributed by atoms with Crippen LogP contribution in [0.1, 0.15) is 19.8 Å². The lowest BCUT2D eigenvalue weighted by atomic mass is 10.1. The van der Waals surface area contributed by atoms with E-state index < -0.39 is 0 Å². The van der Waals surface area contributed by atoms with Crippen molar-refractivity contribution in [1.82, 2.24) is 0 Å². The molecule has 1 aliphatic heterocycles. The Morgan fingerprint density at radius 1 is 1.73 bits per heavy atom. The number of hydrogen-bond donors (Lipinski definition) is 0. The molecule has 0 aromatic carbocycles. The summed E-state index contributed by atoms with van der Waals surface area (Å²) in [5, 5.41) is 0. The van der Waals surface area contributed by atoms with Crippen LogP contribution >= 0.6 is 0 Å². The second kappa shape index (κ2) is 3.96. The molecule has 0 aliphatic carbocycles. The molecule has 1 aliphatic rings. The Hall–Kier alpha value is -1.05. The van der Waals surface area contributed by atoms with Gasteiger partial charge in [0.05, 0.1) is 6.26 Å². The molecule has 0 saturated heterocycles. The monoisotopic (exact) mass is 152 g/mol. The van der Waals surface area contributed by atoms with Crippen molar-refractivity contribution in [2.75, 3.05) is 0 Å². The van der Waals surface area contributed by atoms with Gasteiger partial charge in [-0.05, 0) is 25.8 Å². The Bertz CT molecular complexity index is 192. The third-order valence-electron chi connectivity index (χ3n) is 1.59. The fourth-order valence-electron chi connectivity index (χ4n) is 0.924. The van der Waals surface area contributed by atoms with Crippen LogP contribution in [0.4, 0.5) is 0 Å².